The maximum Gasteiger partial charge on any atom is 0.170 e. The van der Waals surface area contributed by atoms with Crippen LogP contribution in [0.2, 0.25) is 0 Å². The average molecular weight is 331 g/mol. The Balaban J connectivity index is 3.05. The second-order valence-corrected chi connectivity index (χ2v) is 5.56. The lowest BCUT2D eigenvalue weighted by atomic mass is 9.94. The summed E-state index contributed by atoms with van der Waals surface area (Å²) in [6, 6.07) is 0. The van der Waals surface area contributed by atoms with Crippen molar-refractivity contribution in [1.82, 2.24) is 9.78 Å². The highest BCUT2D eigenvalue weighted by Gasteiger charge is 2.32. The fourth-order valence-electron chi connectivity index (χ4n) is 1.98. The number of methoxy groups -OCH3 is 1. The van der Waals surface area contributed by atoms with Crippen molar-refractivity contribution in [3.05, 3.63) is 15.9 Å². The minimum Gasteiger partial charge on any atom is -0.371 e. The predicted octanol–water partition coefficient (Wildman–Crippen LogP) is 3.15. The van der Waals surface area contributed by atoms with Crippen LogP contribution < -0.4 is 0 Å². The Kier molecular flexibility index (Phi) is 5.74. The molecule has 0 saturated carbocycles. The molecule has 0 fully saturated rings. The van der Waals surface area contributed by atoms with Gasteiger partial charge in [0.05, 0.1) is 22.3 Å². The molecule has 1 heterocycles. The van der Waals surface area contributed by atoms with Gasteiger partial charge in [-0.3, -0.25) is 9.48 Å². The number of hydrogen-bond donors (Lipinski definition) is 0. The summed E-state index contributed by atoms with van der Waals surface area (Å²) >= 11 is 3.57. The van der Waals surface area contributed by atoms with Crippen molar-refractivity contribution in [3.8, 4) is 0 Å². The van der Waals surface area contributed by atoms with Gasteiger partial charge in [-0.25, -0.2) is 0 Å². The number of halogens is 1. The third-order valence-corrected chi connectivity index (χ3v) is 4.65. The summed E-state index contributed by atoms with van der Waals surface area (Å²) in [7, 11) is 1.59. The molecule has 0 aliphatic heterocycles. The topological polar surface area (TPSA) is 44.1 Å². The zero-order valence-corrected chi connectivity index (χ0v) is 14.0. The molecule has 1 aromatic rings. The number of aromatic nitrogens is 2. The number of carbonyl (C=O) groups is 1. The molecule has 1 atom stereocenters. The van der Waals surface area contributed by atoms with E-state index in [1.807, 2.05) is 25.5 Å². The minimum absolute atomic E-state index is 0.0930. The molecule has 0 aromatic carbocycles. The first-order valence-electron chi connectivity index (χ1n) is 6.75. The van der Waals surface area contributed by atoms with Gasteiger partial charge in [0.25, 0.3) is 0 Å². The van der Waals surface area contributed by atoms with Gasteiger partial charge in [-0.05, 0) is 42.6 Å². The second-order valence-electron chi connectivity index (χ2n) is 4.77. The first-order chi connectivity index (χ1) is 8.93. The smallest absolute Gasteiger partial charge is 0.170 e. The van der Waals surface area contributed by atoms with Crippen molar-refractivity contribution < 1.29 is 9.53 Å². The van der Waals surface area contributed by atoms with Crippen LogP contribution in [-0.4, -0.2) is 28.3 Å². The van der Waals surface area contributed by atoms with Crippen LogP contribution in [0, 0.1) is 0 Å². The molecule has 0 saturated heterocycles. The van der Waals surface area contributed by atoms with Crippen LogP contribution in [0.1, 0.15) is 45.5 Å². The molecule has 4 nitrogen and oxygen atoms in total. The summed E-state index contributed by atoms with van der Waals surface area (Å²) in [5, 5.41) is 4.51. The maximum atomic E-state index is 12.4. The SMILES string of the molecule is CCc1nn(CC)c(CC(=O)C(C)(CC)OC)c1Br. The van der Waals surface area contributed by atoms with Crippen LogP contribution in [0.15, 0.2) is 4.47 Å². The van der Waals surface area contributed by atoms with Crippen molar-refractivity contribution in [2.45, 2.75) is 59.1 Å². The highest BCUT2D eigenvalue weighted by Crippen LogP contribution is 2.25. The van der Waals surface area contributed by atoms with Crippen LogP contribution in [0.4, 0.5) is 0 Å². The number of ether oxygens (including phenoxy) is 1. The molecule has 1 rings (SSSR count). The van der Waals surface area contributed by atoms with Crippen LogP contribution in [0.5, 0.6) is 0 Å². The van der Waals surface area contributed by atoms with Crippen LogP contribution in [0.25, 0.3) is 0 Å². The van der Waals surface area contributed by atoms with Gasteiger partial charge in [0.2, 0.25) is 0 Å². The van der Waals surface area contributed by atoms with Crippen LogP contribution in [-0.2, 0) is 28.9 Å². The van der Waals surface area contributed by atoms with Gasteiger partial charge >= 0.3 is 0 Å². The molecule has 0 aliphatic carbocycles. The fraction of sp³-hybridized carbons (Fsp3) is 0.714. The van der Waals surface area contributed by atoms with Crippen molar-refractivity contribution in [2.24, 2.45) is 0 Å². The summed E-state index contributed by atoms with van der Waals surface area (Å²) in [6.45, 7) is 8.66. The van der Waals surface area contributed by atoms with Gasteiger partial charge in [0, 0.05) is 13.7 Å². The molecule has 0 bridgehead atoms. The van der Waals surface area contributed by atoms with Gasteiger partial charge in [0.15, 0.2) is 5.78 Å². The van der Waals surface area contributed by atoms with E-state index in [4.69, 9.17) is 4.74 Å². The number of rotatable bonds is 7. The van der Waals surface area contributed by atoms with E-state index < -0.39 is 5.60 Å². The normalized spacial score (nSPS) is 14.4. The lowest BCUT2D eigenvalue weighted by Crippen LogP contribution is -2.38. The summed E-state index contributed by atoms with van der Waals surface area (Å²) in [4.78, 5) is 12.4. The zero-order valence-electron chi connectivity index (χ0n) is 12.4. The van der Waals surface area contributed by atoms with E-state index in [0.29, 0.717) is 12.8 Å². The molecule has 0 spiro atoms. The predicted molar refractivity (Wildman–Crippen MR) is 79.4 cm³/mol. The third kappa shape index (κ3) is 3.26. The zero-order chi connectivity index (χ0) is 14.6. The number of ketones is 1. The molecule has 0 amide bonds. The number of nitrogens with zero attached hydrogens (tertiary/aromatic N) is 2. The first kappa shape index (κ1) is 16.4. The van der Waals surface area contributed by atoms with E-state index >= 15 is 0 Å². The Labute approximate surface area is 123 Å². The van der Waals surface area contributed by atoms with E-state index in [0.717, 1.165) is 28.8 Å². The van der Waals surface area contributed by atoms with Crippen molar-refractivity contribution in [2.75, 3.05) is 7.11 Å². The van der Waals surface area contributed by atoms with E-state index in [1.165, 1.54) is 0 Å². The average Bonchev–Trinajstić information content (AvgIpc) is 2.74. The van der Waals surface area contributed by atoms with E-state index in [-0.39, 0.29) is 5.78 Å². The van der Waals surface area contributed by atoms with Crippen molar-refractivity contribution >= 4 is 21.7 Å². The molecule has 1 aromatic heterocycles. The summed E-state index contributed by atoms with van der Waals surface area (Å²) in [5.41, 5.74) is 1.23. The Hall–Kier alpha value is -0.680. The van der Waals surface area contributed by atoms with Gasteiger partial charge in [-0.15, -0.1) is 0 Å². The lowest BCUT2D eigenvalue weighted by molar-refractivity contribution is -0.138. The molecule has 19 heavy (non-hydrogen) atoms. The maximum absolute atomic E-state index is 12.4. The quantitative estimate of drug-likeness (QED) is 0.771. The molecule has 0 aliphatic rings. The van der Waals surface area contributed by atoms with Gasteiger partial charge in [-0.1, -0.05) is 13.8 Å². The van der Waals surface area contributed by atoms with Gasteiger partial charge < -0.3 is 4.74 Å². The van der Waals surface area contributed by atoms with E-state index in [1.54, 1.807) is 7.11 Å². The molecule has 108 valence electrons. The second kappa shape index (κ2) is 6.66. The standard InChI is InChI=1S/C14H23BrN2O2/c1-6-10-13(15)11(17(8-3)16-10)9-12(18)14(4,7-2)19-5/h6-9H2,1-5H3. The number of Topliss-reactive ketones (excluding diaryl/α,β-unsaturated/α-hetero) is 1. The highest BCUT2D eigenvalue weighted by molar-refractivity contribution is 9.10. The molecular formula is C14H23BrN2O2. The van der Waals surface area contributed by atoms with E-state index in [2.05, 4.69) is 28.0 Å². The Morgan fingerprint density at radius 2 is 2.05 bits per heavy atom. The fourth-order valence-corrected chi connectivity index (χ4v) is 2.69. The number of aryl methyl sites for hydroxylation is 2. The Morgan fingerprint density at radius 3 is 2.47 bits per heavy atom. The molecule has 0 N–H and O–H groups in total. The molecule has 1 unspecified atom stereocenters. The highest BCUT2D eigenvalue weighted by atomic mass is 79.9. The van der Waals surface area contributed by atoms with Gasteiger partial charge in [0.1, 0.15) is 5.60 Å². The number of carbonyl (C=O) groups excluding carboxylic acids is 1. The van der Waals surface area contributed by atoms with Crippen LogP contribution in [0.3, 0.4) is 0 Å². The number of hydrogen-bond acceptors (Lipinski definition) is 3. The lowest BCUT2D eigenvalue weighted by Gasteiger charge is -2.25. The van der Waals surface area contributed by atoms with Crippen molar-refractivity contribution in [1.29, 1.82) is 0 Å². The van der Waals surface area contributed by atoms with E-state index in [9.17, 15) is 4.79 Å². The molecular weight excluding hydrogens is 308 g/mol. The Bertz CT molecular complexity index is 451. The largest absolute Gasteiger partial charge is 0.371 e. The monoisotopic (exact) mass is 330 g/mol. The van der Waals surface area contributed by atoms with Crippen molar-refractivity contribution in [3.63, 3.8) is 0 Å². The molecule has 5 heteroatoms. The summed E-state index contributed by atoms with van der Waals surface area (Å²) < 4.78 is 8.23. The Morgan fingerprint density at radius 1 is 1.42 bits per heavy atom. The van der Waals surface area contributed by atoms with Gasteiger partial charge in [-0.2, -0.15) is 5.10 Å². The van der Waals surface area contributed by atoms with Crippen LogP contribution >= 0.6 is 15.9 Å². The first-order valence-corrected chi connectivity index (χ1v) is 7.55. The summed E-state index contributed by atoms with van der Waals surface area (Å²) in [6.07, 6.45) is 1.87. The molecule has 0 radical (unpaired) electrons. The summed E-state index contributed by atoms with van der Waals surface area (Å²) in [5.74, 6) is 0.0930. The third-order valence-electron chi connectivity index (χ3n) is 3.74. The minimum atomic E-state index is -0.714.